The van der Waals surface area contributed by atoms with E-state index in [1.54, 1.807) is 6.92 Å². The second kappa shape index (κ2) is 4.52. The lowest BCUT2D eigenvalue weighted by atomic mass is 10.0. The molecule has 1 atom stereocenters. The lowest BCUT2D eigenvalue weighted by Crippen LogP contribution is -2.25. The molecule has 4 nitrogen and oxygen atoms in total. The van der Waals surface area contributed by atoms with Gasteiger partial charge in [0.05, 0.1) is 6.42 Å². The second-order valence-corrected chi connectivity index (χ2v) is 5.31. The Bertz CT molecular complexity index is 465. The molecule has 0 bridgehead atoms. The van der Waals surface area contributed by atoms with Crippen molar-refractivity contribution < 1.29 is 19.4 Å². The standard InChI is InChI=1S/C14H18O4/c1-9(7-12(15)16)17-11-6-4-5-10-8-14(2,3)18-13(10)11/h4-6,9H,7-8H2,1-3H3,(H,15,16). The predicted molar refractivity (Wildman–Crippen MR) is 67.2 cm³/mol. The van der Waals surface area contributed by atoms with Crippen LogP contribution < -0.4 is 9.47 Å². The zero-order chi connectivity index (χ0) is 13.3. The van der Waals surface area contributed by atoms with Gasteiger partial charge in [-0.05, 0) is 26.8 Å². The minimum absolute atomic E-state index is 0.0208. The van der Waals surface area contributed by atoms with Gasteiger partial charge < -0.3 is 14.6 Å². The zero-order valence-corrected chi connectivity index (χ0v) is 10.9. The monoisotopic (exact) mass is 250 g/mol. The van der Waals surface area contributed by atoms with Crippen molar-refractivity contribution >= 4 is 5.97 Å². The molecule has 1 unspecified atom stereocenters. The van der Waals surface area contributed by atoms with E-state index >= 15 is 0 Å². The summed E-state index contributed by atoms with van der Waals surface area (Å²) in [5, 5.41) is 8.73. The Morgan fingerprint density at radius 2 is 2.28 bits per heavy atom. The molecule has 4 heteroatoms. The molecule has 1 aromatic carbocycles. The van der Waals surface area contributed by atoms with Gasteiger partial charge in [-0.2, -0.15) is 0 Å². The fourth-order valence-electron chi connectivity index (χ4n) is 2.18. The first-order valence-corrected chi connectivity index (χ1v) is 6.07. The molecule has 0 fully saturated rings. The lowest BCUT2D eigenvalue weighted by molar-refractivity contribution is -0.138. The SMILES string of the molecule is CC(CC(=O)O)Oc1cccc2c1OC(C)(C)C2. The summed E-state index contributed by atoms with van der Waals surface area (Å²) in [6.07, 6.45) is 0.446. The van der Waals surface area contributed by atoms with Gasteiger partial charge in [-0.3, -0.25) is 4.79 Å². The molecule has 0 amide bonds. The molecule has 1 aromatic rings. The molecule has 18 heavy (non-hydrogen) atoms. The first kappa shape index (κ1) is 12.7. The number of hydrogen-bond acceptors (Lipinski definition) is 3. The van der Waals surface area contributed by atoms with E-state index in [9.17, 15) is 4.79 Å². The first-order valence-electron chi connectivity index (χ1n) is 6.07. The quantitative estimate of drug-likeness (QED) is 0.892. The van der Waals surface area contributed by atoms with Crippen LogP contribution in [0.2, 0.25) is 0 Å². The zero-order valence-electron chi connectivity index (χ0n) is 10.9. The summed E-state index contributed by atoms with van der Waals surface area (Å²) >= 11 is 0. The minimum atomic E-state index is -0.865. The van der Waals surface area contributed by atoms with Crippen molar-refractivity contribution in [3.8, 4) is 11.5 Å². The minimum Gasteiger partial charge on any atom is -0.486 e. The van der Waals surface area contributed by atoms with Crippen molar-refractivity contribution in [3.05, 3.63) is 23.8 Å². The van der Waals surface area contributed by atoms with Gasteiger partial charge in [0.15, 0.2) is 11.5 Å². The van der Waals surface area contributed by atoms with Crippen LogP contribution in [0.4, 0.5) is 0 Å². The smallest absolute Gasteiger partial charge is 0.307 e. The summed E-state index contributed by atoms with van der Waals surface area (Å²) < 4.78 is 11.5. The average Bonchev–Trinajstić information content (AvgIpc) is 2.52. The van der Waals surface area contributed by atoms with E-state index in [-0.39, 0.29) is 18.1 Å². The van der Waals surface area contributed by atoms with Crippen molar-refractivity contribution in [1.82, 2.24) is 0 Å². The normalized spacial score (nSPS) is 17.7. The third-order valence-corrected chi connectivity index (χ3v) is 2.85. The van der Waals surface area contributed by atoms with Crippen LogP contribution in [-0.2, 0) is 11.2 Å². The highest BCUT2D eigenvalue weighted by molar-refractivity contribution is 5.67. The third kappa shape index (κ3) is 2.75. The van der Waals surface area contributed by atoms with Gasteiger partial charge >= 0.3 is 5.97 Å². The predicted octanol–water partition coefficient (Wildman–Crippen LogP) is 2.64. The molecule has 0 aliphatic carbocycles. The van der Waals surface area contributed by atoms with Crippen LogP contribution in [0.15, 0.2) is 18.2 Å². The summed E-state index contributed by atoms with van der Waals surface area (Å²) in [7, 11) is 0. The molecular weight excluding hydrogens is 232 g/mol. The second-order valence-electron chi connectivity index (χ2n) is 5.31. The number of rotatable bonds is 4. The van der Waals surface area contributed by atoms with Crippen LogP contribution in [0.5, 0.6) is 11.5 Å². The van der Waals surface area contributed by atoms with E-state index in [2.05, 4.69) is 0 Å². The van der Waals surface area contributed by atoms with Gasteiger partial charge in [0, 0.05) is 12.0 Å². The molecular formula is C14H18O4. The number of hydrogen-bond donors (Lipinski definition) is 1. The summed E-state index contributed by atoms with van der Waals surface area (Å²) in [5.74, 6) is 0.517. The Labute approximate surface area is 107 Å². The van der Waals surface area contributed by atoms with Crippen molar-refractivity contribution in [1.29, 1.82) is 0 Å². The van der Waals surface area contributed by atoms with E-state index in [4.69, 9.17) is 14.6 Å². The number of carboxylic acids is 1. The van der Waals surface area contributed by atoms with Crippen LogP contribution in [0.1, 0.15) is 32.8 Å². The maximum absolute atomic E-state index is 10.6. The fraction of sp³-hybridized carbons (Fsp3) is 0.500. The first-order chi connectivity index (χ1) is 8.37. The van der Waals surface area contributed by atoms with Crippen molar-refractivity contribution in [2.24, 2.45) is 0 Å². The molecule has 0 saturated heterocycles. The molecule has 1 aliphatic rings. The van der Waals surface area contributed by atoms with E-state index in [1.165, 1.54) is 0 Å². The van der Waals surface area contributed by atoms with Crippen LogP contribution in [0.25, 0.3) is 0 Å². The molecule has 0 saturated carbocycles. The van der Waals surface area contributed by atoms with Crippen LogP contribution >= 0.6 is 0 Å². The van der Waals surface area contributed by atoms with E-state index < -0.39 is 5.97 Å². The Hall–Kier alpha value is -1.71. The van der Waals surface area contributed by atoms with Crippen LogP contribution in [-0.4, -0.2) is 22.8 Å². The summed E-state index contributed by atoms with van der Waals surface area (Å²) in [4.78, 5) is 10.6. The Kier molecular flexibility index (Phi) is 3.20. The molecule has 98 valence electrons. The molecule has 1 aliphatic heterocycles. The number of carbonyl (C=O) groups is 1. The molecule has 1 heterocycles. The highest BCUT2D eigenvalue weighted by Crippen LogP contribution is 2.42. The van der Waals surface area contributed by atoms with Crippen molar-refractivity contribution in [3.63, 3.8) is 0 Å². The van der Waals surface area contributed by atoms with Gasteiger partial charge in [-0.15, -0.1) is 0 Å². The molecule has 2 rings (SSSR count). The van der Waals surface area contributed by atoms with Gasteiger partial charge in [-0.25, -0.2) is 0 Å². The highest BCUT2D eigenvalue weighted by atomic mass is 16.5. The van der Waals surface area contributed by atoms with Crippen LogP contribution in [0, 0.1) is 0 Å². The van der Waals surface area contributed by atoms with Gasteiger partial charge in [0.25, 0.3) is 0 Å². The number of aliphatic carboxylic acids is 1. The average molecular weight is 250 g/mol. The topological polar surface area (TPSA) is 55.8 Å². The molecule has 0 spiro atoms. The number of ether oxygens (including phenoxy) is 2. The Morgan fingerprint density at radius 1 is 1.56 bits per heavy atom. The summed E-state index contributed by atoms with van der Waals surface area (Å²) in [6, 6.07) is 5.74. The van der Waals surface area contributed by atoms with Gasteiger partial charge in [0.2, 0.25) is 0 Å². The van der Waals surface area contributed by atoms with Gasteiger partial charge in [0.1, 0.15) is 11.7 Å². The number of benzene rings is 1. The summed E-state index contributed by atoms with van der Waals surface area (Å²) in [6.45, 7) is 5.79. The Morgan fingerprint density at radius 3 is 2.94 bits per heavy atom. The van der Waals surface area contributed by atoms with E-state index in [1.807, 2.05) is 32.0 Å². The largest absolute Gasteiger partial charge is 0.486 e. The lowest BCUT2D eigenvalue weighted by Gasteiger charge is -2.19. The van der Waals surface area contributed by atoms with Gasteiger partial charge in [-0.1, -0.05) is 12.1 Å². The fourth-order valence-corrected chi connectivity index (χ4v) is 2.18. The Balaban J connectivity index is 2.17. The highest BCUT2D eigenvalue weighted by Gasteiger charge is 2.32. The molecule has 1 N–H and O–H groups in total. The summed E-state index contributed by atoms with van der Waals surface area (Å²) in [5.41, 5.74) is 0.887. The maximum Gasteiger partial charge on any atom is 0.307 e. The number of para-hydroxylation sites is 1. The van der Waals surface area contributed by atoms with E-state index in [0.29, 0.717) is 5.75 Å². The molecule has 0 aromatic heterocycles. The van der Waals surface area contributed by atoms with Crippen molar-refractivity contribution in [2.45, 2.75) is 45.3 Å². The molecule has 0 radical (unpaired) electrons. The number of fused-ring (bicyclic) bond motifs is 1. The van der Waals surface area contributed by atoms with E-state index in [0.717, 1.165) is 17.7 Å². The van der Waals surface area contributed by atoms with Crippen LogP contribution in [0.3, 0.4) is 0 Å². The number of carboxylic acid groups (broad SMARTS) is 1. The van der Waals surface area contributed by atoms with Crippen molar-refractivity contribution in [2.75, 3.05) is 0 Å². The third-order valence-electron chi connectivity index (χ3n) is 2.85. The maximum atomic E-state index is 10.6.